The molecule has 2 aliphatic rings. The summed E-state index contributed by atoms with van der Waals surface area (Å²) in [5.74, 6) is 0. The molecule has 0 aromatic carbocycles. The summed E-state index contributed by atoms with van der Waals surface area (Å²) in [6, 6.07) is 0. The second-order valence-electron chi connectivity index (χ2n) is 4.65. The van der Waals surface area contributed by atoms with E-state index < -0.39 is 0 Å². The Bertz CT molecular complexity index is 203. The van der Waals surface area contributed by atoms with Gasteiger partial charge in [-0.15, -0.1) is 0 Å². The van der Waals surface area contributed by atoms with Crippen molar-refractivity contribution in [1.29, 1.82) is 0 Å². The van der Waals surface area contributed by atoms with Crippen LogP contribution in [0.5, 0.6) is 0 Å². The summed E-state index contributed by atoms with van der Waals surface area (Å²) in [5.41, 5.74) is 0. The van der Waals surface area contributed by atoms with E-state index in [0.29, 0.717) is 19.6 Å². The van der Waals surface area contributed by atoms with E-state index >= 15 is 0 Å². The molecule has 0 aromatic heterocycles. The predicted molar refractivity (Wildman–Crippen MR) is 59.4 cm³/mol. The van der Waals surface area contributed by atoms with Gasteiger partial charge in [-0.25, -0.2) is 0 Å². The first kappa shape index (κ1) is 12.3. The van der Waals surface area contributed by atoms with Crippen molar-refractivity contribution in [2.45, 2.75) is 57.0 Å². The molecule has 0 spiro atoms. The molecule has 2 fully saturated rings. The lowest BCUT2D eigenvalue weighted by molar-refractivity contribution is -0.199. The van der Waals surface area contributed by atoms with Gasteiger partial charge in [0.25, 0.3) is 0 Å². The minimum absolute atomic E-state index is 0.0609. The Labute approximate surface area is 96.9 Å². The molecule has 1 saturated heterocycles. The number of hydrogen-bond donors (Lipinski definition) is 1. The monoisotopic (exact) mass is 230 g/mol. The highest BCUT2D eigenvalue weighted by Crippen LogP contribution is 2.28. The Morgan fingerprint density at radius 1 is 1.38 bits per heavy atom. The van der Waals surface area contributed by atoms with Crippen molar-refractivity contribution in [2.24, 2.45) is 0 Å². The summed E-state index contributed by atoms with van der Waals surface area (Å²) in [7, 11) is 0. The summed E-state index contributed by atoms with van der Waals surface area (Å²) in [6.45, 7) is 4.26. The molecule has 1 aliphatic heterocycles. The maximum absolute atomic E-state index is 9.56. The van der Waals surface area contributed by atoms with Crippen LogP contribution < -0.4 is 0 Å². The lowest BCUT2D eigenvalue weighted by Gasteiger charge is -2.41. The molecule has 1 heterocycles. The van der Waals surface area contributed by atoms with Gasteiger partial charge < -0.3 is 19.3 Å². The molecule has 4 heteroatoms. The molecule has 0 radical (unpaired) electrons. The third kappa shape index (κ3) is 2.94. The number of aliphatic hydroxyl groups excluding tert-OH is 1. The molecule has 2 rings (SSSR count). The summed E-state index contributed by atoms with van der Waals surface area (Å²) in [4.78, 5) is 0. The van der Waals surface area contributed by atoms with Gasteiger partial charge in [-0.1, -0.05) is 6.92 Å². The topological polar surface area (TPSA) is 47.9 Å². The molecule has 16 heavy (non-hydrogen) atoms. The minimum Gasteiger partial charge on any atom is -0.390 e. The predicted octanol–water partition coefficient (Wildman–Crippen LogP) is 1.11. The van der Waals surface area contributed by atoms with Crippen molar-refractivity contribution in [1.82, 2.24) is 0 Å². The van der Waals surface area contributed by atoms with Crippen molar-refractivity contribution in [2.75, 3.05) is 19.8 Å². The van der Waals surface area contributed by atoms with Crippen LogP contribution in [0.25, 0.3) is 0 Å². The van der Waals surface area contributed by atoms with Crippen molar-refractivity contribution in [3.05, 3.63) is 0 Å². The van der Waals surface area contributed by atoms with Crippen LogP contribution in [-0.2, 0) is 14.2 Å². The molecule has 1 aliphatic carbocycles. The van der Waals surface area contributed by atoms with Crippen molar-refractivity contribution in [3.63, 3.8) is 0 Å². The fourth-order valence-electron chi connectivity index (χ4n) is 2.20. The minimum atomic E-state index is -0.346. The lowest BCUT2D eigenvalue weighted by Crippen LogP contribution is -2.54. The zero-order valence-electron chi connectivity index (χ0n) is 9.93. The van der Waals surface area contributed by atoms with E-state index in [4.69, 9.17) is 14.2 Å². The number of hydrogen-bond acceptors (Lipinski definition) is 4. The first-order valence-corrected chi connectivity index (χ1v) is 6.34. The number of rotatable bonds is 6. The van der Waals surface area contributed by atoms with Crippen molar-refractivity contribution >= 4 is 0 Å². The van der Waals surface area contributed by atoms with Crippen molar-refractivity contribution < 1.29 is 19.3 Å². The fraction of sp³-hybridized carbons (Fsp3) is 1.00. The van der Waals surface area contributed by atoms with Gasteiger partial charge >= 0.3 is 0 Å². The molecule has 0 aromatic rings. The second-order valence-corrected chi connectivity index (χ2v) is 4.65. The van der Waals surface area contributed by atoms with E-state index in [-0.39, 0.29) is 24.4 Å². The van der Waals surface area contributed by atoms with Crippen LogP contribution in [0, 0.1) is 0 Å². The van der Waals surface area contributed by atoms with Crippen LogP contribution >= 0.6 is 0 Å². The molecule has 94 valence electrons. The first-order chi connectivity index (χ1) is 7.81. The van der Waals surface area contributed by atoms with Crippen LogP contribution in [0.4, 0.5) is 0 Å². The van der Waals surface area contributed by atoms with Crippen LogP contribution in [-0.4, -0.2) is 49.3 Å². The number of aliphatic hydroxyl groups is 1. The zero-order valence-corrected chi connectivity index (χ0v) is 9.93. The average molecular weight is 230 g/mol. The summed E-state index contributed by atoms with van der Waals surface area (Å²) >= 11 is 0. The Balaban J connectivity index is 1.64. The van der Waals surface area contributed by atoms with Gasteiger partial charge in [0.2, 0.25) is 0 Å². The molecule has 1 saturated carbocycles. The van der Waals surface area contributed by atoms with Crippen LogP contribution in [0.1, 0.15) is 32.6 Å². The molecular weight excluding hydrogens is 208 g/mol. The maximum Gasteiger partial charge on any atom is 0.110 e. The molecule has 0 bridgehead atoms. The van der Waals surface area contributed by atoms with Crippen LogP contribution in [0.2, 0.25) is 0 Å². The van der Waals surface area contributed by atoms with Gasteiger partial charge in [0.1, 0.15) is 6.10 Å². The van der Waals surface area contributed by atoms with Gasteiger partial charge in [0.05, 0.1) is 24.9 Å². The van der Waals surface area contributed by atoms with Gasteiger partial charge in [-0.3, -0.25) is 0 Å². The third-order valence-electron chi connectivity index (χ3n) is 3.25. The van der Waals surface area contributed by atoms with Gasteiger partial charge in [-0.2, -0.15) is 0 Å². The average Bonchev–Trinajstić information content (AvgIpc) is 2.77. The van der Waals surface area contributed by atoms with E-state index in [2.05, 4.69) is 6.92 Å². The Morgan fingerprint density at radius 3 is 2.88 bits per heavy atom. The van der Waals surface area contributed by atoms with Crippen LogP contribution in [0.15, 0.2) is 0 Å². The standard InChI is InChI=1S/C12H22O4/c1-2-5-15-12-10(13)7-11(12)16-8-9-4-3-6-14-9/h9-13H,2-8H2,1H3. The highest BCUT2D eigenvalue weighted by Gasteiger charge is 2.42. The Kier molecular flexibility index (Phi) is 4.58. The highest BCUT2D eigenvalue weighted by molar-refractivity contribution is 4.92. The Morgan fingerprint density at radius 2 is 2.25 bits per heavy atom. The van der Waals surface area contributed by atoms with E-state index in [0.717, 1.165) is 25.9 Å². The lowest BCUT2D eigenvalue weighted by atomic mass is 9.88. The van der Waals surface area contributed by atoms with Gasteiger partial charge in [0.15, 0.2) is 0 Å². The van der Waals surface area contributed by atoms with Crippen LogP contribution in [0.3, 0.4) is 0 Å². The van der Waals surface area contributed by atoms with E-state index in [1.54, 1.807) is 0 Å². The molecular formula is C12H22O4. The quantitative estimate of drug-likeness (QED) is 0.742. The Hall–Kier alpha value is -0.160. The number of ether oxygens (including phenoxy) is 3. The smallest absolute Gasteiger partial charge is 0.110 e. The first-order valence-electron chi connectivity index (χ1n) is 6.34. The fourth-order valence-corrected chi connectivity index (χ4v) is 2.20. The summed E-state index contributed by atoms with van der Waals surface area (Å²) in [5, 5.41) is 9.56. The van der Waals surface area contributed by atoms with Gasteiger partial charge in [-0.05, 0) is 19.3 Å². The normalized spacial score (nSPS) is 38.6. The summed E-state index contributed by atoms with van der Waals surface area (Å²) in [6.07, 6.45) is 3.74. The van der Waals surface area contributed by atoms with E-state index in [9.17, 15) is 5.11 Å². The molecule has 1 N–H and O–H groups in total. The summed E-state index contributed by atoms with van der Waals surface area (Å²) < 4.78 is 16.8. The second kappa shape index (κ2) is 5.96. The SMILES string of the molecule is CCCOC1C(O)CC1OCC1CCCO1. The van der Waals surface area contributed by atoms with Gasteiger partial charge in [0, 0.05) is 19.6 Å². The van der Waals surface area contributed by atoms with Crippen molar-refractivity contribution in [3.8, 4) is 0 Å². The maximum atomic E-state index is 9.56. The molecule has 4 unspecified atom stereocenters. The van der Waals surface area contributed by atoms with E-state index in [1.807, 2.05) is 0 Å². The third-order valence-corrected chi connectivity index (χ3v) is 3.25. The molecule has 0 amide bonds. The van der Waals surface area contributed by atoms with E-state index in [1.165, 1.54) is 0 Å². The highest BCUT2D eigenvalue weighted by atomic mass is 16.6. The zero-order chi connectivity index (χ0) is 11.4. The molecule has 4 atom stereocenters. The largest absolute Gasteiger partial charge is 0.390 e. The molecule has 4 nitrogen and oxygen atoms in total.